The van der Waals surface area contributed by atoms with Crippen LogP contribution in [0.1, 0.15) is 15.9 Å². The van der Waals surface area contributed by atoms with Gasteiger partial charge < -0.3 is 10.4 Å². The zero-order valence-corrected chi connectivity index (χ0v) is 16.3. The van der Waals surface area contributed by atoms with Crippen LogP contribution in [0, 0.1) is 6.92 Å². The van der Waals surface area contributed by atoms with E-state index >= 15 is 0 Å². The molecule has 0 saturated carbocycles. The van der Waals surface area contributed by atoms with Crippen LogP contribution in [-0.2, 0) is 10.0 Å². The lowest BCUT2D eigenvalue weighted by atomic mass is 10.2. The molecule has 6 nitrogen and oxygen atoms in total. The quantitative estimate of drug-likeness (QED) is 0.643. The first-order valence-corrected chi connectivity index (χ1v) is 9.98. The van der Waals surface area contributed by atoms with Gasteiger partial charge >= 0.3 is 0 Å². The molecular weight excluding hydrogens is 376 g/mol. The maximum atomic E-state index is 12.8. The number of benzene rings is 3. The van der Waals surface area contributed by atoms with Crippen LogP contribution in [0.5, 0.6) is 5.75 Å². The summed E-state index contributed by atoms with van der Waals surface area (Å²) in [7, 11) is -2.27. The van der Waals surface area contributed by atoms with Crippen molar-refractivity contribution in [2.24, 2.45) is 0 Å². The SMILES string of the molecule is Cc1ccc(NC(=O)c2ccc(S(=O)(=O)N(C)c3ccccc3)cc2)c(O)c1. The number of carbonyl (C=O) groups is 1. The number of amides is 1. The number of aryl methyl sites for hydroxylation is 1. The molecule has 0 aliphatic carbocycles. The average molecular weight is 396 g/mol. The highest BCUT2D eigenvalue weighted by Crippen LogP contribution is 2.25. The molecule has 28 heavy (non-hydrogen) atoms. The number of para-hydroxylation sites is 1. The molecule has 3 rings (SSSR count). The van der Waals surface area contributed by atoms with Crippen molar-refractivity contribution in [2.45, 2.75) is 11.8 Å². The van der Waals surface area contributed by atoms with Crippen molar-refractivity contribution >= 4 is 27.3 Å². The predicted molar refractivity (Wildman–Crippen MR) is 109 cm³/mol. The molecule has 0 bridgehead atoms. The Balaban J connectivity index is 1.80. The third-order valence-corrected chi connectivity index (χ3v) is 6.10. The maximum absolute atomic E-state index is 12.8. The number of hydrogen-bond acceptors (Lipinski definition) is 4. The number of nitrogens with one attached hydrogen (secondary N) is 1. The summed E-state index contributed by atoms with van der Waals surface area (Å²) in [4.78, 5) is 12.5. The topological polar surface area (TPSA) is 86.7 Å². The fourth-order valence-corrected chi connectivity index (χ4v) is 3.85. The number of carbonyl (C=O) groups excluding carboxylic acids is 1. The molecule has 0 unspecified atom stereocenters. The van der Waals surface area contributed by atoms with E-state index in [4.69, 9.17) is 0 Å². The first-order valence-electron chi connectivity index (χ1n) is 8.54. The van der Waals surface area contributed by atoms with E-state index in [1.54, 1.807) is 42.5 Å². The molecule has 3 aromatic carbocycles. The van der Waals surface area contributed by atoms with Gasteiger partial charge in [0.15, 0.2) is 0 Å². The molecule has 3 aromatic rings. The van der Waals surface area contributed by atoms with Crippen molar-refractivity contribution in [2.75, 3.05) is 16.7 Å². The second-order valence-corrected chi connectivity index (χ2v) is 8.28. The van der Waals surface area contributed by atoms with Crippen LogP contribution >= 0.6 is 0 Å². The van der Waals surface area contributed by atoms with Crippen molar-refractivity contribution in [1.29, 1.82) is 0 Å². The third-order valence-electron chi connectivity index (χ3n) is 4.30. The predicted octanol–water partition coefficient (Wildman–Crippen LogP) is 3.78. The standard InChI is InChI=1S/C21H20N2O4S/c1-15-8-13-19(20(24)14-15)22-21(25)16-9-11-18(12-10-16)28(26,27)23(2)17-6-4-3-5-7-17/h3-14,24H,1-2H3,(H,22,25). The van der Waals surface area contributed by atoms with E-state index in [1.165, 1.54) is 35.6 Å². The van der Waals surface area contributed by atoms with Crippen molar-refractivity contribution in [3.63, 3.8) is 0 Å². The Hall–Kier alpha value is -3.32. The summed E-state index contributed by atoms with van der Waals surface area (Å²) in [6.07, 6.45) is 0. The van der Waals surface area contributed by atoms with Crippen molar-refractivity contribution in [1.82, 2.24) is 0 Å². The van der Waals surface area contributed by atoms with Gasteiger partial charge in [0, 0.05) is 12.6 Å². The first kappa shape index (κ1) is 19.4. The number of rotatable bonds is 5. The lowest BCUT2D eigenvalue weighted by Gasteiger charge is -2.19. The normalized spacial score (nSPS) is 11.1. The molecule has 0 aliphatic heterocycles. The van der Waals surface area contributed by atoms with Crippen LogP contribution in [0.3, 0.4) is 0 Å². The van der Waals surface area contributed by atoms with Gasteiger partial charge in [-0.05, 0) is 61.0 Å². The number of sulfonamides is 1. The Morgan fingerprint density at radius 3 is 2.21 bits per heavy atom. The summed E-state index contributed by atoms with van der Waals surface area (Å²) < 4.78 is 26.7. The van der Waals surface area contributed by atoms with Crippen LogP contribution in [0.4, 0.5) is 11.4 Å². The van der Waals surface area contributed by atoms with Gasteiger partial charge in [-0.25, -0.2) is 8.42 Å². The van der Waals surface area contributed by atoms with Crippen LogP contribution in [-0.4, -0.2) is 26.5 Å². The molecule has 7 heteroatoms. The van der Waals surface area contributed by atoms with Crippen molar-refractivity contribution in [3.05, 3.63) is 83.9 Å². The summed E-state index contributed by atoms with van der Waals surface area (Å²) >= 11 is 0. The Labute approximate surface area is 164 Å². The van der Waals surface area contributed by atoms with Crippen LogP contribution < -0.4 is 9.62 Å². The fourth-order valence-electron chi connectivity index (χ4n) is 2.65. The first-order chi connectivity index (χ1) is 13.3. The van der Waals surface area contributed by atoms with E-state index in [0.717, 1.165) is 5.56 Å². The minimum atomic E-state index is -3.74. The van der Waals surface area contributed by atoms with Crippen LogP contribution in [0.15, 0.2) is 77.7 Å². The lowest BCUT2D eigenvalue weighted by Crippen LogP contribution is -2.26. The van der Waals surface area contributed by atoms with Gasteiger partial charge in [0.05, 0.1) is 16.3 Å². The number of anilines is 2. The molecule has 0 saturated heterocycles. The van der Waals surface area contributed by atoms with E-state index in [2.05, 4.69) is 5.32 Å². The zero-order chi connectivity index (χ0) is 20.3. The molecule has 1 amide bonds. The summed E-state index contributed by atoms with van der Waals surface area (Å²) in [5.74, 6) is -0.475. The highest BCUT2D eigenvalue weighted by atomic mass is 32.2. The minimum Gasteiger partial charge on any atom is -0.506 e. The number of phenolic OH excluding ortho intramolecular Hbond substituents is 1. The molecule has 0 radical (unpaired) electrons. The molecule has 0 atom stereocenters. The molecule has 0 fully saturated rings. The molecule has 0 aliphatic rings. The van der Waals surface area contributed by atoms with E-state index in [-0.39, 0.29) is 21.9 Å². The smallest absolute Gasteiger partial charge is 0.264 e. The average Bonchev–Trinajstić information content (AvgIpc) is 2.70. The molecule has 0 spiro atoms. The maximum Gasteiger partial charge on any atom is 0.264 e. The number of phenols is 1. The second-order valence-electron chi connectivity index (χ2n) is 6.31. The molecule has 0 aromatic heterocycles. The monoisotopic (exact) mass is 396 g/mol. The third kappa shape index (κ3) is 3.99. The van der Waals surface area contributed by atoms with Crippen LogP contribution in [0.25, 0.3) is 0 Å². The molecular formula is C21H20N2O4S. The van der Waals surface area contributed by atoms with Gasteiger partial charge in [-0.1, -0.05) is 24.3 Å². The number of aromatic hydroxyl groups is 1. The van der Waals surface area contributed by atoms with Gasteiger partial charge in [0.25, 0.3) is 15.9 Å². The van der Waals surface area contributed by atoms with Crippen LogP contribution in [0.2, 0.25) is 0 Å². The Morgan fingerprint density at radius 2 is 1.61 bits per heavy atom. The van der Waals surface area contributed by atoms with E-state index in [1.807, 2.05) is 13.0 Å². The van der Waals surface area contributed by atoms with Crippen molar-refractivity contribution in [3.8, 4) is 5.75 Å². The minimum absolute atomic E-state index is 0.0305. The van der Waals surface area contributed by atoms with E-state index in [0.29, 0.717) is 5.69 Å². The van der Waals surface area contributed by atoms with Gasteiger partial charge in [-0.15, -0.1) is 0 Å². The highest BCUT2D eigenvalue weighted by Gasteiger charge is 2.21. The van der Waals surface area contributed by atoms with Gasteiger partial charge in [-0.3, -0.25) is 9.10 Å². The summed E-state index contributed by atoms with van der Waals surface area (Å²) in [5.41, 5.74) is 1.98. The largest absolute Gasteiger partial charge is 0.506 e. The van der Waals surface area contributed by atoms with Crippen molar-refractivity contribution < 1.29 is 18.3 Å². The number of nitrogens with zero attached hydrogens (tertiary/aromatic N) is 1. The Bertz CT molecular complexity index is 1100. The summed E-state index contributed by atoms with van der Waals surface area (Å²) in [6.45, 7) is 1.83. The number of hydrogen-bond donors (Lipinski definition) is 2. The second kappa shape index (κ2) is 7.74. The highest BCUT2D eigenvalue weighted by molar-refractivity contribution is 7.92. The van der Waals surface area contributed by atoms with Gasteiger partial charge in [0.1, 0.15) is 5.75 Å². The molecule has 2 N–H and O–H groups in total. The molecule has 0 heterocycles. The summed E-state index contributed by atoms with van der Waals surface area (Å²) in [6, 6.07) is 19.3. The Morgan fingerprint density at radius 1 is 0.964 bits per heavy atom. The lowest BCUT2D eigenvalue weighted by molar-refractivity contribution is 0.102. The van der Waals surface area contributed by atoms with Gasteiger partial charge in [0.2, 0.25) is 0 Å². The summed E-state index contributed by atoms with van der Waals surface area (Å²) in [5, 5.41) is 12.5. The van der Waals surface area contributed by atoms with E-state index < -0.39 is 15.9 Å². The van der Waals surface area contributed by atoms with E-state index in [9.17, 15) is 18.3 Å². The van der Waals surface area contributed by atoms with Gasteiger partial charge in [-0.2, -0.15) is 0 Å². The molecule has 144 valence electrons. The Kier molecular flexibility index (Phi) is 5.37. The zero-order valence-electron chi connectivity index (χ0n) is 15.5. The fraction of sp³-hybridized carbons (Fsp3) is 0.0952.